The molecule has 1 rings (SSSR count). The van der Waals surface area contributed by atoms with Gasteiger partial charge in [0.2, 0.25) is 0 Å². The summed E-state index contributed by atoms with van der Waals surface area (Å²) in [5.41, 5.74) is 0.266. The molecule has 0 aromatic rings. The number of hydrogen-bond donors (Lipinski definition) is 0. The topological polar surface area (TPSA) is 29.5 Å². The van der Waals surface area contributed by atoms with E-state index >= 15 is 0 Å². The van der Waals surface area contributed by atoms with Crippen LogP contribution < -0.4 is 0 Å². The van der Waals surface area contributed by atoms with Crippen molar-refractivity contribution in [3.8, 4) is 0 Å². The van der Waals surface area contributed by atoms with E-state index in [-0.39, 0.29) is 5.54 Å². The third-order valence-corrected chi connectivity index (χ3v) is 2.84. The van der Waals surface area contributed by atoms with Gasteiger partial charge in [-0.25, -0.2) is 4.21 Å². The number of nitrogens with zero attached hydrogens (tertiary/aromatic N) is 1. The van der Waals surface area contributed by atoms with Gasteiger partial charge in [-0.2, -0.15) is 0 Å². The van der Waals surface area contributed by atoms with Crippen molar-refractivity contribution >= 4 is 11.1 Å². The largest absolute Gasteiger partial charge is 0.298 e. The lowest BCUT2D eigenvalue weighted by Crippen LogP contribution is -2.57. The molecule has 0 radical (unpaired) electrons. The Kier molecular flexibility index (Phi) is 3.49. The Morgan fingerprint density at radius 3 is 2.38 bits per heavy atom. The van der Waals surface area contributed by atoms with Crippen LogP contribution in [0.3, 0.4) is 0 Å². The molecule has 13 heavy (non-hydrogen) atoms. The summed E-state index contributed by atoms with van der Waals surface area (Å²) in [5.74, 6) is 0.572. The Hall–Kier alpha value is 0.0700. The SMILES string of the molecule is CS(=O)OCC1CN(C(C)(C)C)C1. The van der Waals surface area contributed by atoms with E-state index in [1.807, 2.05) is 0 Å². The zero-order valence-electron chi connectivity index (χ0n) is 8.87. The number of likely N-dealkylation sites (tertiary alicyclic amines) is 1. The second-order valence-electron chi connectivity index (χ2n) is 4.63. The first kappa shape index (κ1) is 11.1. The van der Waals surface area contributed by atoms with Crippen molar-refractivity contribution in [2.75, 3.05) is 26.0 Å². The number of rotatable bonds is 3. The summed E-state index contributed by atoms with van der Waals surface area (Å²) in [5, 5.41) is 0. The normalized spacial score (nSPS) is 22.8. The van der Waals surface area contributed by atoms with Gasteiger partial charge in [0.1, 0.15) is 0 Å². The average Bonchev–Trinajstić information content (AvgIpc) is 1.79. The minimum absolute atomic E-state index is 0.266. The van der Waals surface area contributed by atoms with Gasteiger partial charge in [0, 0.05) is 30.8 Å². The van der Waals surface area contributed by atoms with Gasteiger partial charge in [0.25, 0.3) is 0 Å². The quantitative estimate of drug-likeness (QED) is 0.689. The highest BCUT2D eigenvalue weighted by Crippen LogP contribution is 2.25. The molecule has 1 aliphatic heterocycles. The highest BCUT2D eigenvalue weighted by atomic mass is 32.2. The third kappa shape index (κ3) is 3.37. The molecular weight excluding hydrogens is 186 g/mol. The van der Waals surface area contributed by atoms with Crippen LogP contribution in [-0.4, -0.2) is 40.6 Å². The molecular formula is C9H19NO2S. The van der Waals surface area contributed by atoms with E-state index in [4.69, 9.17) is 4.18 Å². The van der Waals surface area contributed by atoms with Crippen LogP contribution in [-0.2, 0) is 15.3 Å². The van der Waals surface area contributed by atoms with Crippen molar-refractivity contribution in [1.82, 2.24) is 4.90 Å². The molecule has 1 heterocycles. The fourth-order valence-electron chi connectivity index (χ4n) is 1.42. The molecule has 3 nitrogen and oxygen atoms in total. The Morgan fingerprint density at radius 2 is 2.00 bits per heavy atom. The van der Waals surface area contributed by atoms with E-state index < -0.39 is 11.1 Å². The molecule has 1 unspecified atom stereocenters. The molecule has 0 aliphatic carbocycles. The van der Waals surface area contributed by atoms with Crippen molar-refractivity contribution < 1.29 is 8.39 Å². The van der Waals surface area contributed by atoms with Crippen molar-refractivity contribution in [3.05, 3.63) is 0 Å². The lowest BCUT2D eigenvalue weighted by atomic mass is 9.93. The standard InChI is InChI=1S/C9H19NO2S/c1-9(2,3)10-5-8(6-10)7-12-13(4)11/h8H,5-7H2,1-4H3. The van der Waals surface area contributed by atoms with E-state index in [2.05, 4.69) is 25.7 Å². The average molecular weight is 205 g/mol. The van der Waals surface area contributed by atoms with E-state index in [9.17, 15) is 4.21 Å². The van der Waals surface area contributed by atoms with Gasteiger partial charge in [-0.1, -0.05) is 0 Å². The molecule has 0 spiro atoms. The van der Waals surface area contributed by atoms with E-state index in [0.717, 1.165) is 13.1 Å². The van der Waals surface area contributed by atoms with Crippen molar-refractivity contribution in [2.45, 2.75) is 26.3 Å². The summed E-state index contributed by atoms with van der Waals surface area (Å²) in [6.07, 6.45) is 1.57. The predicted octanol–water partition coefficient (Wildman–Crippen LogP) is 1.03. The third-order valence-electron chi connectivity index (χ3n) is 2.38. The minimum atomic E-state index is -1.10. The van der Waals surface area contributed by atoms with E-state index in [1.165, 1.54) is 0 Å². The molecule has 0 N–H and O–H groups in total. The fourth-order valence-corrected chi connectivity index (χ4v) is 1.80. The second-order valence-corrected chi connectivity index (χ2v) is 5.67. The fraction of sp³-hybridized carbons (Fsp3) is 1.00. The maximum Gasteiger partial charge on any atom is 0.152 e. The smallest absolute Gasteiger partial charge is 0.152 e. The Morgan fingerprint density at radius 1 is 1.46 bits per heavy atom. The summed E-state index contributed by atoms with van der Waals surface area (Å²) < 4.78 is 15.7. The van der Waals surface area contributed by atoms with Crippen LogP contribution >= 0.6 is 0 Å². The van der Waals surface area contributed by atoms with Crippen molar-refractivity contribution in [2.24, 2.45) is 5.92 Å². The minimum Gasteiger partial charge on any atom is -0.298 e. The van der Waals surface area contributed by atoms with Gasteiger partial charge in [-0.05, 0) is 20.8 Å². The molecule has 0 aromatic carbocycles. The first-order valence-electron chi connectivity index (χ1n) is 4.61. The summed E-state index contributed by atoms with van der Waals surface area (Å²) in [4.78, 5) is 2.40. The van der Waals surface area contributed by atoms with Gasteiger partial charge in [-0.3, -0.25) is 9.08 Å². The molecule has 0 bridgehead atoms. The van der Waals surface area contributed by atoms with Gasteiger partial charge in [0.05, 0.1) is 6.61 Å². The monoisotopic (exact) mass is 205 g/mol. The number of hydrogen-bond acceptors (Lipinski definition) is 3. The second kappa shape index (κ2) is 4.07. The zero-order chi connectivity index (χ0) is 10.1. The highest BCUT2D eigenvalue weighted by Gasteiger charge is 2.34. The highest BCUT2D eigenvalue weighted by molar-refractivity contribution is 7.79. The molecule has 4 heteroatoms. The van der Waals surface area contributed by atoms with Crippen LogP contribution in [0.1, 0.15) is 20.8 Å². The van der Waals surface area contributed by atoms with Gasteiger partial charge in [-0.15, -0.1) is 0 Å². The molecule has 0 aromatic heterocycles. The maximum absolute atomic E-state index is 10.6. The summed E-state index contributed by atoms with van der Waals surface area (Å²) in [6.45, 7) is 9.41. The Bertz CT molecular complexity index is 194. The predicted molar refractivity (Wildman–Crippen MR) is 54.8 cm³/mol. The summed E-state index contributed by atoms with van der Waals surface area (Å²) in [6, 6.07) is 0. The molecule has 1 atom stereocenters. The maximum atomic E-state index is 10.6. The lowest BCUT2D eigenvalue weighted by molar-refractivity contribution is -0.00363. The Balaban J connectivity index is 2.15. The van der Waals surface area contributed by atoms with Gasteiger partial charge >= 0.3 is 0 Å². The molecule has 1 aliphatic rings. The molecule has 1 fully saturated rings. The Labute approximate surface area is 83.1 Å². The van der Waals surface area contributed by atoms with Crippen LogP contribution in [0.15, 0.2) is 0 Å². The zero-order valence-corrected chi connectivity index (χ0v) is 9.69. The first-order chi connectivity index (χ1) is 5.89. The van der Waals surface area contributed by atoms with Gasteiger partial charge in [0.15, 0.2) is 11.1 Å². The van der Waals surface area contributed by atoms with Crippen LogP contribution in [0.5, 0.6) is 0 Å². The summed E-state index contributed by atoms with van der Waals surface area (Å²) in [7, 11) is 0. The van der Waals surface area contributed by atoms with Crippen LogP contribution in [0.2, 0.25) is 0 Å². The molecule has 0 amide bonds. The van der Waals surface area contributed by atoms with Crippen molar-refractivity contribution in [1.29, 1.82) is 0 Å². The van der Waals surface area contributed by atoms with E-state index in [1.54, 1.807) is 6.26 Å². The first-order valence-corrected chi connectivity index (χ1v) is 6.09. The van der Waals surface area contributed by atoms with Crippen molar-refractivity contribution in [3.63, 3.8) is 0 Å². The van der Waals surface area contributed by atoms with Crippen LogP contribution in [0, 0.1) is 5.92 Å². The molecule has 78 valence electrons. The van der Waals surface area contributed by atoms with Gasteiger partial charge < -0.3 is 0 Å². The lowest BCUT2D eigenvalue weighted by Gasteiger charge is -2.47. The molecule has 0 saturated carbocycles. The van der Waals surface area contributed by atoms with E-state index in [0.29, 0.717) is 12.5 Å². The molecule has 1 saturated heterocycles. The van der Waals surface area contributed by atoms with Crippen LogP contribution in [0.25, 0.3) is 0 Å². The summed E-state index contributed by atoms with van der Waals surface area (Å²) >= 11 is -1.10. The van der Waals surface area contributed by atoms with Crippen LogP contribution in [0.4, 0.5) is 0 Å².